The summed E-state index contributed by atoms with van der Waals surface area (Å²) in [7, 11) is 0. The summed E-state index contributed by atoms with van der Waals surface area (Å²) >= 11 is 0. The predicted octanol–water partition coefficient (Wildman–Crippen LogP) is 4.59. The Bertz CT molecular complexity index is 839. The number of hydrogen-bond acceptors (Lipinski definition) is 3. The van der Waals surface area contributed by atoms with Crippen LogP contribution in [-0.2, 0) is 6.54 Å². The molecule has 0 atom stereocenters. The molecular weight excluding hydrogens is 336 g/mol. The van der Waals surface area contributed by atoms with Gasteiger partial charge in [0.1, 0.15) is 0 Å². The van der Waals surface area contributed by atoms with E-state index in [0.717, 1.165) is 38.2 Å². The summed E-state index contributed by atoms with van der Waals surface area (Å²) in [5.74, 6) is 0.332. The highest BCUT2D eigenvalue weighted by molar-refractivity contribution is 6.04. The number of carbonyl (C=O) groups excluding carboxylic acids is 1. The van der Waals surface area contributed by atoms with Crippen LogP contribution in [0.5, 0.6) is 0 Å². The molecule has 1 aromatic heterocycles. The Morgan fingerprint density at radius 2 is 1.59 bits per heavy atom. The molecule has 0 aliphatic carbocycles. The molecule has 138 valence electrons. The molecule has 1 saturated heterocycles. The van der Waals surface area contributed by atoms with Crippen LogP contribution in [0.4, 0.5) is 5.69 Å². The molecule has 0 spiro atoms. The van der Waals surface area contributed by atoms with Crippen LogP contribution in [0, 0.1) is 0 Å². The van der Waals surface area contributed by atoms with Crippen molar-refractivity contribution in [1.29, 1.82) is 0 Å². The van der Waals surface area contributed by atoms with Gasteiger partial charge in [0.15, 0.2) is 5.76 Å². The van der Waals surface area contributed by atoms with Crippen molar-refractivity contribution in [3.05, 3.63) is 90.4 Å². The smallest absolute Gasteiger partial charge is 0.294 e. The number of furan rings is 1. The van der Waals surface area contributed by atoms with E-state index in [-0.39, 0.29) is 11.9 Å². The lowest BCUT2D eigenvalue weighted by atomic mass is 10.0. The topological polar surface area (TPSA) is 36.7 Å². The van der Waals surface area contributed by atoms with E-state index in [1.165, 1.54) is 5.56 Å². The average molecular weight is 360 g/mol. The molecular formula is C23H24N2O2. The molecule has 0 bridgehead atoms. The Morgan fingerprint density at radius 3 is 2.22 bits per heavy atom. The number of rotatable bonds is 5. The molecule has 3 aromatic rings. The van der Waals surface area contributed by atoms with E-state index in [2.05, 4.69) is 29.2 Å². The fourth-order valence-electron chi connectivity index (χ4n) is 3.78. The third-order valence-corrected chi connectivity index (χ3v) is 5.16. The molecule has 4 nitrogen and oxygen atoms in total. The summed E-state index contributed by atoms with van der Waals surface area (Å²) in [4.78, 5) is 17.5. The fourth-order valence-corrected chi connectivity index (χ4v) is 3.78. The number of piperidine rings is 1. The standard InChI is InChI=1S/C23H24N2O2/c26-23(22-12-7-17-27-22)25(20-10-5-2-6-11-20)21-13-15-24(16-14-21)18-19-8-3-1-4-9-19/h1-12,17,21H,13-16,18H2. The highest BCUT2D eigenvalue weighted by atomic mass is 16.3. The Kier molecular flexibility index (Phi) is 5.35. The van der Waals surface area contributed by atoms with Gasteiger partial charge in [0, 0.05) is 31.4 Å². The second kappa shape index (κ2) is 8.23. The zero-order chi connectivity index (χ0) is 18.5. The van der Waals surface area contributed by atoms with Gasteiger partial charge in [-0.05, 0) is 42.7 Å². The van der Waals surface area contributed by atoms with Crippen molar-refractivity contribution >= 4 is 11.6 Å². The largest absolute Gasteiger partial charge is 0.459 e. The average Bonchev–Trinajstić information content (AvgIpc) is 3.26. The van der Waals surface area contributed by atoms with Crippen LogP contribution < -0.4 is 4.90 Å². The number of para-hydroxylation sites is 1. The molecule has 0 radical (unpaired) electrons. The number of carbonyl (C=O) groups is 1. The number of amides is 1. The molecule has 1 amide bonds. The van der Waals surface area contributed by atoms with Crippen molar-refractivity contribution in [3.8, 4) is 0 Å². The molecule has 2 aromatic carbocycles. The van der Waals surface area contributed by atoms with E-state index < -0.39 is 0 Å². The van der Waals surface area contributed by atoms with Gasteiger partial charge in [0.05, 0.1) is 6.26 Å². The van der Waals surface area contributed by atoms with Gasteiger partial charge in [-0.1, -0.05) is 48.5 Å². The molecule has 0 N–H and O–H groups in total. The third kappa shape index (κ3) is 4.12. The molecule has 1 fully saturated rings. The van der Waals surface area contributed by atoms with Crippen LogP contribution in [0.15, 0.2) is 83.5 Å². The minimum Gasteiger partial charge on any atom is -0.459 e. The highest BCUT2D eigenvalue weighted by Crippen LogP contribution is 2.26. The maximum absolute atomic E-state index is 13.1. The quantitative estimate of drug-likeness (QED) is 0.668. The van der Waals surface area contributed by atoms with Gasteiger partial charge < -0.3 is 9.32 Å². The lowest BCUT2D eigenvalue weighted by Crippen LogP contribution is -2.47. The molecule has 4 rings (SSSR count). The van der Waals surface area contributed by atoms with Crippen molar-refractivity contribution in [1.82, 2.24) is 4.90 Å². The van der Waals surface area contributed by atoms with Gasteiger partial charge in [0.25, 0.3) is 5.91 Å². The van der Waals surface area contributed by atoms with Gasteiger partial charge in [0.2, 0.25) is 0 Å². The molecule has 1 aliphatic heterocycles. The highest BCUT2D eigenvalue weighted by Gasteiger charge is 2.30. The predicted molar refractivity (Wildman–Crippen MR) is 107 cm³/mol. The summed E-state index contributed by atoms with van der Waals surface area (Å²) in [5.41, 5.74) is 2.27. The Balaban J connectivity index is 1.48. The van der Waals surface area contributed by atoms with Crippen LogP contribution in [0.3, 0.4) is 0 Å². The molecule has 4 heteroatoms. The van der Waals surface area contributed by atoms with E-state index in [9.17, 15) is 4.79 Å². The molecule has 0 saturated carbocycles. The van der Waals surface area contributed by atoms with Crippen molar-refractivity contribution in [2.75, 3.05) is 18.0 Å². The first-order valence-corrected chi connectivity index (χ1v) is 9.49. The molecule has 2 heterocycles. The first-order chi connectivity index (χ1) is 13.3. The van der Waals surface area contributed by atoms with Gasteiger partial charge in [-0.3, -0.25) is 9.69 Å². The van der Waals surface area contributed by atoms with Crippen LogP contribution >= 0.6 is 0 Å². The minimum atomic E-state index is -0.0623. The van der Waals surface area contributed by atoms with Crippen LogP contribution in [0.1, 0.15) is 29.0 Å². The maximum Gasteiger partial charge on any atom is 0.294 e. The maximum atomic E-state index is 13.1. The lowest BCUT2D eigenvalue weighted by molar-refractivity contribution is 0.0932. The Labute approximate surface area is 160 Å². The lowest BCUT2D eigenvalue weighted by Gasteiger charge is -2.38. The first kappa shape index (κ1) is 17.6. The number of nitrogens with zero attached hydrogens (tertiary/aromatic N) is 2. The van der Waals surface area contributed by atoms with Crippen molar-refractivity contribution in [2.24, 2.45) is 0 Å². The summed E-state index contributed by atoms with van der Waals surface area (Å²) in [5, 5.41) is 0. The van der Waals surface area contributed by atoms with E-state index in [1.54, 1.807) is 18.4 Å². The number of hydrogen-bond donors (Lipinski definition) is 0. The van der Waals surface area contributed by atoms with E-state index in [1.807, 2.05) is 41.3 Å². The first-order valence-electron chi connectivity index (χ1n) is 9.49. The monoisotopic (exact) mass is 360 g/mol. The van der Waals surface area contributed by atoms with Gasteiger partial charge >= 0.3 is 0 Å². The summed E-state index contributed by atoms with van der Waals surface area (Å²) in [6.07, 6.45) is 3.46. The van der Waals surface area contributed by atoms with Crippen LogP contribution in [-0.4, -0.2) is 29.9 Å². The summed E-state index contributed by atoms with van der Waals surface area (Å²) in [6, 6.07) is 24.2. The fraction of sp³-hybridized carbons (Fsp3) is 0.261. The molecule has 0 unspecified atom stereocenters. The minimum absolute atomic E-state index is 0.0623. The zero-order valence-electron chi connectivity index (χ0n) is 15.3. The Hall–Kier alpha value is -2.85. The van der Waals surface area contributed by atoms with E-state index >= 15 is 0 Å². The SMILES string of the molecule is O=C(c1ccco1)N(c1ccccc1)C1CCN(Cc2ccccc2)CC1. The van der Waals surface area contributed by atoms with E-state index in [0.29, 0.717) is 5.76 Å². The Morgan fingerprint density at radius 1 is 0.926 bits per heavy atom. The number of benzene rings is 2. The molecule has 27 heavy (non-hydrogen) atoms. The summed E-state index contributed by atoms with van der Waals surface area (Å²) in [6.45, 7) is 2.92. The number of anilines is 1. The van der Waals surface area contributed by atoms with Crippen molar-refractivity contribution in [3.63, 3.8) is 0 Å². The van der Waals surface area contributed by atoms with Crippen molar-refractivity contribution < 1.29 is 9.21 Å². The van der Waals surface area contributed by atoms with E-state index in [4.69, 9.17) is 4.42 Å². The number of likely N-dealkylation sites (tertiary alicyclic amines) is 1. The van der Waals surface area contributed by atoms with Gasteiger partial charge in [-0.25, -0.2) is 0 Å². The van der Waals surface area contributed by atoms with Gasteiger partial charge in [-0.15, -0.1) is 0 Å². The molecule has 1 aliphatic rings. The van der Waals surface area contributed by atoms with Crippen LogP contribution in [0.25, 0.3) is 0 Å². The second-order valence-electron chi connectivity index (χ2n) is 6.98. The second-order valence-corrected chi connectivity index (χ2v) is 6.98. The van der Waals surface area contributed by atoms with Crippen molar-refractivity contribution in [2.45, 2.75) is 25.4 Å². The van der Waals surface area contributed by atoms with Gasteiger partial charge in [-0.2, -0.15) is 0 Å². The normalized spacial score (nSPS) is 15.6. The summed E-state index contributed by atoms with van der Waals surface area (Å²) < 4.78 is 5.39. The van der Waals surface area contributed by atoms with Crippen LogP contribution in [0.2, 0.25) is 0 Å². The third-order valence-electron chi connectivity index (χ3n) is 5.16. The zero-order valence-corrected chi connectivity index (χ0v) is 15.3.